The van der Waals surface area contributed by atoms with Crippen LogP contribution in [0.15, 0.2) is 0 Å². The fourth-order valence-electron chi connectivity index (χ4n) is 2.21. The van der Waals surface area contributed by atoms with Gasteiger partial charge < -0.3 is 41.1 Å². The van der Waals surface area contributed by atoms with Crippen molar-refractivity contribution in [1.29, 1.82) is 0 Å². The molecule has 1 aliphatic rings. The van der Waals surface area contributed by atoms with Gasteiger partial charge in [-0.25, -0.2) is 4.79 Å². The molecule has 122 valence electrons. The monoisotopic (exact) mass is 309 g/mol. The molecular weight excluding hydrogens is 290 g/mol. The highest BCUT2D eigenvalue weighted by Gasteiger charge is 2.61. The Morgan fingerprint density at radius 2 is 1.95 bits per heavy atom. The third-order valence-corrected chi connectivity index (χ3v) is 3.65. The fourth-order valence-corrected chi connectivity index (χ4v) is 2.21. The molecule has 0 saturated carbocycles. The quantitative estimate of drug-likeness (QED) is 0.262. The van der Waals surface area contributed by atoms with Gasteiger partial charge in [0.15, 0.2) is 5.78 Å². The Balaban J connectivity index is 3.27. The number of ketones is 1. The number of ether oxygens (including phenoxy) is 1. The van der Waals surface area contributed by atoms with E-state index in [0.29, 0.717) is 0 Å². The molecule has 0 aliphatic carbocycles. The van der Waals surface area contributed by atoms with Crippen molar-refractivity contribution in [3.8, 4) is 0 Å². The van der Waals surface area contributed by atoms with E-state index >= 15 is 0 Å². The average Bonchev–Trinajstić information content (AvgIpc) is 2.40. The molecule has 0 aromatic carbocycles. The second-order valence-electron chi connectivity index (χ2n) is 5.08. The molecule has 10 nitrogen and oxygen atoms in total. The zero-order chi connectivity index (χ0) is 16.6. The minimum absolute atomic E-state index is 0.850. The van der Waals surface area contributed by atoms with E-state index < -0.39 is 60.5 Å². The predicted octanol–water partition coefficient (Wildman–Crippen LogP) is -4.09. The summed E-state index contributed by atoms with van der Waals surface area (Å²) in [4.78, 5) is 22.7. The maximum absolute atomic E-state index is 11.7. The number of Topliss-reactive ketones (excluding diaryl/α,β-unsaturated/α-hetero) is 1. The molecule has 0 spiro atoms. The van der Waals surface area contributed by atoms with Crippen LogP contribution in [-0.2, 0) is 14.3 Å². The molecular formula is C11H19NO9. The number of nitrogens with two attached hydrogens (primary N) is 1. The molecule has 8 N–H and O–H groups in total. The SMILES string of the molecule is CC(=O)[C@@]1(N)[C@@H](O)C[C@@](O)(C(=O)O)O[C@H]1[C@H](O)[C@H](O)CO. The summed E-state index contributed by atoms with van der Waals surface area (Å²) in [6.07, 6.45) is -8.53. The number of aliphatic hydroxyl groups is 5. The molecule has 21 heavy (non-hydrogen) atoms. The summed E-state index contributed by atoms with van der Waals surface area (Å²) in [5.74, 6) is -5.60. The summed E-state index contributed by atoms with van der Waals surface area (Å²) in [7, 11) is 0. The lowest BCUT2D eigenvalue weighted by molar-refractivity contribution is -0.303. The van der Waals surface area contributed by atoms with E-state index in [-0.39, 0.29) is 0 Å². The molecule has 0 bridgehead atoms. The molecule has 0 radical (unpaired) electrons. The smallest absolute Gasteiger partial charge is 0.364 e. The van der Waals surface area contributed by atoms with E-state index in [1.807, 2.05) is 0 Å². The molecule has 1 aliphatic heterocycles. The van der Waals surface area contributed by atoms with Gasteiger partial charge in [-0.15, -0.1) is 0 Å². The Morgan fingerprint density at radius 1 is 1.43 bits per heavy atom. The van der Waals surface area contributed by atoms with Gasteiger partial charge in [-0.3, -0.25) is 4.79 Å². The molecule has 0 unspecified atom stereocenters. The van der Waals surface area contributed by atoms with Crippen LogP contribution < -0.4 is 5.73 Å². The first-order valence-corrected chi connectivity index (χ1v) is 6.09. The van der Waals surface area contributed by atoms with Crippen molar-refractivity contribution < 1.29 is 45.0 Å². The minimum atomic E-state index is -2.89. The summed E-state index contributed by atoms with van der Waals surface area (Å²) in [5, 5.41) is 56.8. The van der Waals surface area contributed by atoms with E-state index in [1.165, 1.54) is 0 Å². The average molecular weight is 309 g/mol. The van der Waals surface area contributed by atoms with Gasteiger partial charge in [-0.2, -0.15) is 0 Å². The largest absolute Gasteiger partial charge is 0.477 e. The Hall–Kier alpha value is -1.14. The van der Waals surface area contributed by atoms with Gasteiger partial charge in [0.05, 0.1) is 12.7 Å². The summed E-state index contributed by atoms with van der Waals surface area (Å²) >= 11 is 0. The number of hydrogen-bond donors (Lipinski definition) is 7. The number of carboxylic acid groups (broad SMARTS) is 1. The number of rotatable bonds is 5. The molecule has 0 aromatic rings. The Kier molecular flexibility index (Phi) is 5.05. The second-order valence-corrected chi connectivity index (χ2v) is 5.08. The standard InChI is InChI=1S/C11H19NO9/c1-4(14)11(12)6(16)2-10(20,9(18)19)21-8(11)7(17)5(15)3-13/h5-8,13,15-17,20H,2-3,12H2,1H3,(H,18,19)/t5-,6+,7-,8+,10+,11-/m1/s1. The van der Waals surface area contributed by atoms with Gasteiger partial charge in [-0.05, 0) is 6.92 Å². The lowest BCUT2D eigenvalue weighted by Gasteiger charge is -2.49. The van der Waals surface area contributed by atoms with Crippen LogP contribution in [0.1, 0.15) is 13.3 Å². The summed E-state index contributed by atoms with van der Waals surface area (Å²) in [6.45, 7) is 0.0410. The molecule has 10 heteroatoms. The number of aliphatic hydroxyl groups excluding tert-OH is 4. The topological polar surface area (TPSA) is 191 Å². The van der Waals surface area contributed by atoms with Crippen LogP contribution >= 0.6 is 0 Å². The van der Waals surface area contributed by atoms with Crippen molar-refractivity contribution in [3.63, 3.8) is 0 Å². The number of aliphatic carboxylic acids is 1. The normalized spacial score (nSPS) is 39.6. The van der Waals surface area contributed by atoms with E-state index in [0.717, 1.165) is 6.92 Å². The second kappa shape index (κ2) is 5.93. The summed E-state index contributed by atoms with van der Waals surface area (Å²) in [6, 6.07) is 0. The van der Waals surface area contributed by atoms with Crippen LogP contribution in [0.5, 0.6) is 0 Å². The first-order valence-electron chi connectivity index (χ1n) is 6.09. The Morgan fingerprint density at radius 3 is 2.33 bits per heavy atom. The van der Waals surface area contributed by atoms with Crippen LogP contribution in [-0.4, -0.2) is 84.7 Å². The van der Waals surface area contributed by atoms with Gasteiger partial charge in [-0.1, -0.05) is 0 Å². The van der Waals surface area contributed by atoms with Crippen molar-refractivity contribution >= 4 is 11.8 Å². The van der Waals surface area contributed by atoms with Crippen molar-refractivity contribution in [2.75, 3.05) is 6.61 Å². The van der Waals surface area contributed by atoms with Crippen LogP contribution in [0.25, 0.3) is 0 Å². The number of carbonyl (C=O) groups excluding carboxylic acids is 1. The van der Waals surface area contributed by atoms with E-state index in [1.54, 1.807) is 0 Å². The van der Waals surface area contributed by atoms with Crippen LogP contribution in [0.2, 0.25) is 0 Å². The molecule has 1 heterocycles. The van der Waals surface area contributed by atoms with Crippen molar-refractivity contribution in [2.45, 2.75) is 49.1 Å². The lowest BCUT2D eigenvalue weighted by Crippen LogP contribution is -2.75. The Bertz CT molecular complexity index is 430. The maximum atomic E-state index is 11.7. The van der Waals surface area contributed by atoms with E-state index in [9.17, 15) is 30.0 Å². The van der Waals surface area contributed by atoms with Gasteiger partial charge in [0.2, 0.25) is 0 Å². The highest BCUT2D eigenvalue weighted by Crippen LogP contribution is 2.36. The van der Waals surface area contributed by atoms with E-state index in [2.05, 4.69) is 0 Å². The third-order valence-electron chi connectivity index (χ3n) is 3.65. The first-order chi connectivity index (χ1) is 9.50. The van der Waals surface area contributed by atoms with E-state index in [4.69, 9.17) is 20.7 Å². The molecule has 1 fully saturated rings. The number of carbonyl (C=O) groups is 2. The Labute approximate surface area is 119 Å². The molecule has 1 saturated heterocycles. The summed E-state index contributed by atoms with van der Waals surface area (Å²) < 4.78 is 4.80. The fraction of sp³-hybridized carbons (Fsp3) is 0.818. The molecule has 0 aromatic heterocycles. The zero-order valence-electron chi connectivity index (χ0n) is 11.2. The highest BCUT2D eigenvalue weighted by atomic mass is 16.7. The highest BCUT2D eigenvalue weighted by molar-refractivity contribution is 5.88. The summed E-state index contributed by atoms with van der Waals surface area (Å²) in [5.41, 5.74) is 3.47. The maximum Gasteiger partial charge on any atom is 0.364 e. The minimum Gasteiger partial charge on any atom is -0.477 e. The number of carboxylic acids is 1. The molecule has 0 amide bonds. The van der Waals surface area contributed by atoms with Crippen molar-refractivity contribution in [2.24, 2.45) is 5.73 Å². The van der Waals surface area contributed by atoms with Crippen molar-refractivity contribution in [3.05, 3.63) is 0 Å². The first kappa shape index (κ1) is 17.9. The molecule has 6 atom stereocenters. The van der Waals surface area contributed by atoms with Gasteiger partial charge in [0.25, 0.3) is 5.79 Å². The van der Waals surface area contributed by atoms with Crippen LogP contribution in [0, 0.1) is 0 Å². The predicted molar refractivity (Wildman–Crippen MR) is 64.8 cm³/mol. The van der Waals surface area contributed by atoms with Crippen molar-refractivity contribution in [1.82, 2.24) is 0 Å². The van der Waals surface area contributed by atoms with Gasteiger partial charge in [0.1, 0.15) is 23.9 Å². The van der Waals surface area contributed by atoms with Gasteiger partial charge >= 0.3 is 5.97 Å². The number of hydrogen-bond acceptors (Lipinski definition) is 9. The molecule has 1 rings (SSSR count). The van der Waals surface area contributed by atoms with Gasteiger partial charge in [0, 0.05) is 6.42 Å². The zero-order valence-corrected chi connectivity index (χ0v) is 11.2. The lowest BCUT2D eigenvalue weighted by atomic mass is 9.75. The third kappa shape index (κ3) is 2.92. The van der Waals surface area contributed by atoms with Crippen LogP contribution in [0.4, 0.5) is 0 Å². The van der Waals surface area contributed by atoms with Crippen LogP contribution in [0.3, 0.4) is 0 Å².